The van der Waals surface area contributed by atoms with Crippen LogP contribution in [0.3, 0.4) is 0 Å². The third kappa shape index (κ3) is 4.99. The summed E-state index contributed by atoms with van der Waals surface area (Å²) in [5, 5.41) is 0. The number of nitrogens with zero attached hydrogens (tertiary/aromatic N) is 1. The lowest BCUT2D eigenvalue weighted by Crippen LogP contribution is -2.37. The minimum atomic E-state index is -0.278. The third-order valence-electron chi connectivity index (χ3n) is 3.26. The Morgan fingerprint density at radius 3 is 2.63 bits per heavy atom. The molecule has 0 bridgehead atoms. The summed E-state index contributed by atoms with van der Waals surface area (Å²) in [5.74, 6) is 0.0182. The van der Waals surface area contributed by atoms with Crippen molar-refractivity contribution in [3.05, 3.63) is 35.6 Å². The molecule has 1 unspecified atom stereocenters. The monoisotopic (exact) mass is 266 g/mol. The van der Waals surface area contributed by atoms with E-state index < -0.39 is 0 Å². The summed E-state index contributed by atoms with van der Waals surface area (Å²) in [5.41, 5.74) is 6.72. The van der Waals surface area contributed by atoms with Crippen molar-refractivity contribution in [2.75, 3.05) is 6.54 Å². The van der Waals surface area contributed by atoms with Gasteiger partial charge in [-0.3, -0.25) is 4.79 Å². The molecule has 0 heterocycles. The van der Waals surface area contributed by atoms with Crippen molar-refractivity contribution in [3.63, 3.8) is 0 Å². The molecule has 0 saturated heterocycles. The number of rotatable bonds is 6. The average Bonchev–Trinajstić information content (AvgIpc) is 2.35. The van der Waals surface area contributed by atoms with E-state index in [1.54, 1.807) is 11.0 Å². The summed E-state index contributed by atoms with van der Waals surface area (Å²) in [6.45, 7) is 6.94. The molecule has 1 aromatic carbocycles. The number of carbonyl (C=O) groups is 1. The number of halogens is 1. The summed E-state index contributed by atoms with van der Waals surface area (Å²) >= 11 is 0. The second-order valence-corrected chi connectivity index (χ2v) is 5.15. The molecular weight excluding hydrogens is 243 g/mol. The van der Waals surface area contributed by atoms with Crippen molar-refractivity contribution < 1.29 is 9.18 Å². The highest BCUT2D eigenvalue weighted by atomic mass is 19.1. The molecule has 106 valence electrons. The fourth-order valence-electron chi connectivity index (χ4n) is 1.80. The van der Waals surface area contributed by atoms with E-state index in [0.29, 0.717) is 19.5 Å². The Morgan fingerprint density at radius 1 is 1.42 bits per heavy atom. The van der Waals surface area contributed by atoms with E-state index in [2.05, 4.69) is 0 Å². The maximum Gasteiger partial charge on any atom is 0.224 e. The predicted molar refractivity (Wildman–Crippen MR) is 74.9 cm³/mol. The van der Waals surface area contributed by atoms with Gasteiger partial charge in [0.2, 0.25) is 5.91 Å². The first-order valence-corrected chi connectivity index (χ1v) is 6.71. The molecule has 0 aromatic heterocycles. The number of nitrogens with two attached hydrogens (primary N) is 1. The highest BCUT2D eigenvalue weighted by Gasteiger charge is 2.18. The van der Waals surface area contributed by atoms with Crippen LogP contribution in [0.5, 0.6) is 0 Å². The van der Waals surface area contributed by atoms with Gasteiger partial charge < -0.3 is 10.6 Å². The van der Waals surface area contributed by atoms with Crippen LogP contribution in [0.25, 0.3) is 0 Å². The van der Waals surface area contributed by atoms with Gasteiger partial charge in [-0.05, 0) is 30.5 Å². The number of carbonyl (C=O) groups excluding carboxylic acids is 1. The molecule has 1 rings (SSSR count). The van der Waals surface area contributed by atoms with Gasteiger partial charge in [-0.15, -0.1) is 0 Å². The standard InChI is InChI=1S/C15H23FN2O/c1-4-18(15(19)9-14(17)11(2)3)10-12-6-5-7-13(16)8-12/h5-8,11,14H,4,9-10,17H2,1-3H3. The lowest BCUT2D eigenvalue weighted by atomic mass is 10.0. The van der Waals surface area contributed by atoms with Gasteiger partial charge in [0.25, 0.3) is 0 Å². The third-order valence-corrected chi connectivity index (χ3v) is 3.26. The maximum atomic E-state index is 13.1. The minimum absolute atomic E-state index is 0.0213. The zero-order valence-electron chi connectivity index (χ0n) is 11.9. The normalized spacial score (nSPS) is 12.5. The van der Waals surface area contributed by atoms with Crippen LogP contribution in [-0.2, 0) is 11.3 Å². The number of benzene rings is 1. The Morgan fingerprint density at radius 2 is 2.11 bits per heavy atom. The summed E-state index contributed by atoms with van der Waals surface area (Å²) < 4.78 is 13.1. The van der Waals surface area contributed by atoms with E-state index in [-0.39, 0.29) is 23.7 Å². The molecule has 0 fully saturated rings. The summed E-state index contributed by atoms with van der Waals surface area (Å²) in [6.07, 6.45) is 0.334. The van der Waals surface area contributed by atoms with Crippen molar-refractivity contribution in [1.82, 2.24) is 4.90 Å². The van der Waals surface area contributed by atoms with Gasteiger partial charge in [-0.25, -0.2) is 4.39 Å². The Kier molecular flexibility index (Phi) is 5.96. The fraction of sp³-hybridized carbons (Fsp3) is 0.533. The average molecular weight is 266 g/mol. The smallest absolute Gasteiger partial charge is 0.224 e. The van der Waals surface area contributed by atoms with E-state index in [9.17, 15) is 9.18 Å². The van der Waals surface area contributed by atoms with E-state index in [1.807, 2.05) is 26.8 Å². The van der Waals surface area contributed by atoms with Crippen molar-refractivity contribution in [2.45, 2.75) is 39.8 Å². The molecule has 0 aliphatic rings. The van der Waals surface area contributed by atoms with Crippen LogP contribution in [0.2, 0.25) is 0 Å². The van der Waals surface area contributed by atoms with Crippen LogP contribution in [0, 0.1) is 11.7 Å². The van der Waals surface area contributed by atoms with Gasteiger partial charge in [0.1, 0.15) is 5.82 Å². The lowest BCUT2D eigenvalue weighted by molar-refractivity contribution is -0.132. The van der Waals surface area contributed by atoms with Gasteiger partial charge in [-0.1, -0.05) is 26.0 Å². The molecule has 19 heavy (non-hydrogen) atoms. The van der Waals surface area contributed by atoms with E-state index in [4.69, 9.17) is 5.73 Å². The van der Waals surface area contributed by atoms with Crippen LogP contribution in [0.4, 0.5) is 4.39 Å². The molecule has 1 amide bonds. The highest BCUT2D eigenvalue weighted by molar-refractivity contribution is 5.76. The molecular formula is C15H23FN2O. The number of amides is 1. The van der Waals surface area contributed by atoms with Crippen molar-refractivity contribution in [3.8, 4) is 0 Å². The number of hydrogen-bond acceptors (Lipinski definition) is 2. The van der Waals surface area contributed by atoms with Gasteiger partial charge in [-0.2, -0.15) is 0 Å². The van der Waals surface area contributed by atoms with Gasteiger partial charge >= 0.3 is 0 Å². The van der Waals surface area contributed by atoms with Crippen molar-refractivity contribution in [2.24, 2.45) is 11.7 Å². The van der Waals surface area contributed by atoms with Crippen LogP contribution >= 0.6 is 0 Å². The van der Waals surface area contributed by atoms with Gasteiger partial charge in [0.15, 0.2) is 0 Å². The summed E-state index contributed by atoms with van der Waals surface area (Å²) in [6, 6.07) is 6.20. The second-order valence-electron chi connectivity index (χ2n) is 5.15. The van der Waals surface area contributed by atoms with Gasteiger partial charge in [0, 0.05) is 25.6 Å². The van der Waals surface area contributed by atoms with E-state index in [1.165, 1.54) is 12.1 Å². The zero-order valence-corrected chi connectivity index (χ0v) is 11.9. The molecule has 0 saturated carbocycles. The Hall–Kier alpha value is -1.42. The van der Waals surface area contributed by atoms with E-state index >= 15 is 0 Å². The second kappa shape index (κ2) is 7.24. The quantitative estimate of drug-likeness (QED) is 0.860. The zero-order chi connectivity index (χ0) is 14.4. The molecule has 4 heteroatoms. The molecule has 0 aliphatic carbocycles. The first-order valence-electron chi connectivity index (χ1n) is 6.71. The van der Waals surface area contributed by atoms with Gasteiger partial charge in [0.05, 0.1) is 0 Å². The first kappa shape index (κ1) is 15.6. The predicted octanol–water partition coefficient (Wildman–Crippen LogP) is 2.55. The van der Waals surface area contributed by atoms with Crippen LogP contribution < -0.4 is 5.73 Å². The molecule has 3 nitrogen and oxygen atoms in total. The summed E-state index contributed by atoms with van der Waals surface area (Å²) in [7, 11) is 0. The SMILES string of the molecule is CCN(Cc1cccc(F)c1)C(=O)CC(N)C(C)C. The Bertz CT molecular complexity index is 420. The fourth-order valence-corrected chi connectivity index (χ4v) is 1.80. The first-order chi connectivity index (χ1) is 8.93. The summed E-state index contributed by atoms with van der Waals surface area (Å²) in [4.78, 5) is 13.8. The van der Waals surface area contributed by atoms with Crippen molar-refractivity contribution in [1.29, 1.82) is 0 Å². The minimum Gasteiger partial charge on any atom is -0.339 e. The Balaban J connectivity index is 2.65. The molecule has 0 radical (unpaired) electrons. The van der Waals surface area contributed by atoms with Crippen LogP contribution in [0.15, 0.2) is 24.3 Å². The number of hydrogen-bond donors (Lipinski definition) is 1. The maximum absolute atomic E-state index is 13.1. The van der Waals surface area contributed by atoms with E-state index in [0.717, 1.165) is 5.56 Å². The molecule has 0 aliphatic heterocycles. The molecule has 1 atom stereocenters. The van der Waals surface area contributed by atoms with Crippen LogP contribution in [-0.4, -0.2) is 23.4 Å². The molecule has 2 N–H and O–H groups in total. The van der Waals surface area contributed by atoms with Crippen molar-refractivity contribution >= 4 is 5.91 Å². The molecule has 0 spiro atoms. The molecule has 1 aromatic rings. The topological polar surface area (TPSA) is 46.3 Å². The Labute approximate surface area is 114 Å². The van der Waals surface area contributed by atoms with Crippen LogP contribution in [0.1, 0.15) is 32.8 Å². The lowest BCUT2D eigenvalue weighted by Gasteiger charge is -2.24. The highest BCUT2D eigenvalue weighted by Crippen LogP contribution is 2.11. The largest absolute Gasteiger partial charge is 0.339 e.